The van der Waals surface area contributed by atoms with Gasteiger partial charge in [0.05, 0.1) is 5.56 Å². The standard InChI is InChI=1S/C24H18ClF3N4O2/c1-15-4-2-5-19(12-15)34-18-9-7-17(8-10-18)32(11-3-6-21(32)23(33)31-29)22-20(25)13-16(14-30-22)24(26,27)28/h2-14H,29H2,1H3/p+1. The van der Waals surface area contributed by atoms with Crippen LogP contribution in [0.2, 0.25) is 5.02 Å². The second kappa shape index (κ2) is 8.94. The Labute approximate surface area is 198 Å². The lowest BCUT2D eigenvalue weighted by Crippen LogP contribution is -2.45. The van der Waals surface area contributed by atoms with Gasteiger partial charge in [0.1, 0.15) is 28.4 Å². The van der Waals surface area contributed by atoms with Crippen molar-refractivity contribution in [2.75, 3.05) is 0 Å². The number of ether oxygens (including phenoxy) is 1. The van der Waals surface area contributed by atoms with E-state index in [0.29, 0.717) is 23.4 Å². The number of amides is 1. The van der Waals surface area contributed by atoms with Gasteiger partial charge < -0.3 is 4.74 Å². The minimum atomic E-state index is -4.62. The number of halogens is 4. The summed E-state index contributed by atoms with van der Waals surface area (Å²) in [6.45, 7) is 1.95. The van der Waals surface area contributed by atoms with Crippen LogP contribution in [0.25, 0.3) is 0 Å². The van der Waals surface area contributed by atoms with Crippen molar-refractivity contribution in [1.82, 2.24) is 14.9 Å². The van der Waals surface area contributed by atoms with E-state index in [9.17, 15) is 18.0 Å². The van der Waals surface area contributed by atoms with E-state index in [2.05, 4.69) is 10.4 Å². The second-order valence-electron chi connectivity index (χ2n) is 7.53. The zero-order valence-electron chi connectivity index (χ0n) is 17.8. The largest absolute Gasteiger partial charge is 0.457 e. The monoisotopic (exact) mass is 487 g/mol. The van der Waals surface area contributed by atoms with Crippen molar-refractivity contribution in [3.05, 3.63) is 101 Å². The van der Waals surface area contributed by atoms with Crippen LogP contribution in [0, 0.1) is 6.92 Å². The van der Waals surface area contributed by atoms with E-state index in [1.165, 1.54) is 6.08 Å². The third-order valence-electron chi connectivity index (χ3n) is 5.26. The number of aryl methyl sites for hydroxylation is 1. The summed E-state index contributed by atoms with van der Waals surface area (Å²) in [6.07, 6.45) is 0.721. The molecule has 0 spiro atoms. The average molecular weight is 488 g/mol. The zero-order chi connectivity index (χ0) is 24.5. The lowest BCUT2D eigenvalue weighted by Gasteiger charge is -2.31. The van der Waals surface area contributed by atoms with Crippen LogP contribution < -0.4 is 20.5 Å². The first-order valence-electron chi connectivity index (χ1n) is 10.0. The van der Waals surface area contributed by atoms with E-state index in [1.54, 1.807) is 36.5 Å². The van der Waals surface area contributed by atoms with Crippen LogP contribution in [0.3, 0.4) is 0 Å². The van der Waals surface area contributed by atoms with Gasteiger partial charge in [-0.05, 0) is 48.9 Å². The predicted molar refractivity (Wildman–Crippen MR) is 123 cm³/mol. The smallest absolute Gasteiger partial charge is 0.417 e. The molecule has 2 heterocycles. The molecule has 2 aromatic carbocycles. The van der Waals surface area contributed by atoms with Crippen molar-refractivity contribution in [3.8, 4) is 11.5 Å². The van der Waals surface area contributed by atoms with Gasteiger partial charge >= 0.3 is 12.1 Å². The second-order valence-corrected chi connectivity index (χ2v) is 7.94. The third kappa shape index (κ3) is 4.28. The minimum absolute atomic E-state index is 0.00520. The number of carbonyl (C=O) groups is 1. The Bertz CT molecular complexity index is 1310. The molecule has 1 aromatic heterocycles. The quantitative estimate of drug-likeness (QED) is 0.203. The maximum atomic E-state index is 13.2. The number of benzene rings is 2. The van der Waals surface area contributed by atoms with Crippen LogP contribution in [0.5, 0.6) is 11.5 Å². The van der Waals surface area contributed by atoms with Gasteiger partial charge in [0.2, 0.25) is 5.70 Å². The van der Waals surface area contributed by atoms with Gasteiger partial charge in [-0.1, -0.05) is 23.7 Å². The van der Waals surface area contributed by atoms with Crippen LogP contribution in [0.1, 0.15) is 11.1 Å². The first kappa shape index (κ1) is 23.5. The third-order valence-corrected chi connectivity index (χ3v) is 5.54. The number of nitrogens with two attached hydrogens (primary N) is 1. The Morgan fingerprint density at radius 1 is 1.12 bits per heavy atom. The molecule has 0 aliphatic carbocycles. The number of nitrogens with zero attached hydrogens (tertiary/aromatic N) is 2. The highest BCUT2D eigenvalue weighted by atomic mass is 35.5. The first-order chi connectivity index (χ1) is 16.1. The van der Waals surface area contributed by atoms with Crippen LogP contribution in [0.4, 0.5) is 24.7 Å². The fourth-order valence-electron chi connectivity index (χ4n) is 3.71. The highest BCUT2D eigenvalue weighted by Gasteiger charge is 2.46. The first-order valence-corrected chi connectivity index (χ1v) is 10.4. The van der Waals surface area contributed by atoms with Crippen molar-refractivity contribution in [2.45, 2.75) is 13.1 Å². The molecule has 1 atom stereocenters. The number of hydrogen-bond donors (Lipinski definition) is 2. The average Bonchev–Trinajstić information content (AvgIpc) is 3.24. The summed E-state index contributed by atoms with van der Waals surface area (Å²) in [5.41, 5.74) is 2.68. The topological polar surface area (TPSA) is 77.2 Å². The molecule has 0 radical (unpaired) electrons. The van der Waals surface area contributed by atoms with Gasteiger partial charge in [-0.15, -0.1) is 0 Å². The molecule has 10 heteroatoms. The lowest BCUT2D eigenvalue weighted by molar-refractivity contribution is -0.137. The fourth-order valence-corrected chi connectivity index (χ4v) is 4.01. The molecule has 0 bridgehead atoms. The van der Waals surface area contributed by atoms with Crippen LogP contribution in [0.15, 0.2) is 84.8 Å². The zero-order valence-corrected chi connectivity index (χ0v) is 18.6. The Morgan fingerprint density at radius 3 is 2.47 bits per heavy atom. The molecule has 1 aliphatic rings. The number of aromatic nitrogens is 1. The number of quaternary nitrogens is 1. The molecule has 3 aromatic rings. The van der Waals surface area contributed by atoms with Crippen molar-refractivity contribution in [3.63, 3.8) is 0 Å². The number of carbonyl (C=O) groups excluding carboxylic acids is 1. The Kier molecular flexibility index (Phi) is 6.18. The number of alkyl halides is 3. The SMILES string of the molecule is Cc1cccc(Oc2ccc([N+]3(c4ncc(C(F)(F)F)cc4Cl)C=CC=C3C(=O)NN)cc2)c1. The molecule has 1 amide bonds. The summed E-state index contributed by atoms with van der Waals surface area (Å²) in [5, 5.41) is -0.266. The van der Waals surface area contributed by atoms with Gasteiger partial charge in [-0.3, -0.25) is 10.2 Å². The van der Waals surface area contributed by atoms with E-state index in [0.717, 1.165) is 11.6 Å². The number of hydrazine groups is 1. The summed E-state index contributed by atoms with van der Waals surface area (Å²) >= 11 is 6.29. The van der Waals surface area contributed by atoms with Gasteiger partial charge in [0.15, 0.2) is 0 Å². The van der Waals surface area contributed by atoms with E-state index in [4.69, 9.17) is 22.2 Å². The van der Waals surface area contributed by atoms with Crippen molar-refractivity contribution >= 4 is 29.0 Å². The molecule has 3 N–H and O–H groups in total. The molecule has 0 saturated carbocycles. The number of hydrogen-bond acceptors (Lipinski definition) is 4. The summed E-state index contributed by atoms with van der Waals surface area (Å²) < 4.78 is 45.0. The number of allylic oxidation sites excluding steroid dienone is 2. The molecule has 34 heavy (non-hydrogen) atoms. The van der Waals surface area contributed by atoms with Gasteiger partial charge in [0, 0.05) is 24.4 Å². The predicted octanol–water partition coefficient (Wildman–Crippen LogP) is 5.89. The highest BCUT2D eigenvalue weighted by Crippen LogP contribution is 2.46. The summed E-state index contributed by atoms with van der Waals surface area (Å²) in [6, 6.07) is 15.0. The number of pyridine rings is 1. The molecule has 4 rings (SSSR count). The van der Waals surface area contributed by atoms with E-state index in [-0.39, 0.29) is 16.5 Å². The lowest BCUT2D eigenvalue weighted by atomic mass is 10.1. The summed E-state index contributed by atoms with van der Waals surface area (Å²) in [4.78, 5) is 16.6. The maximum absolute atomic E-state index is 13.2. The van der Waals surface area contributed by atoms with Crippen molar-refractivity contribution < 1.29 is 22.7 Å². The Balaban J connectivity index is 1.80. The normalized spacial score (nSPS) is 17.4. The van der Waals surface area contributed by atoms with Gasteiger partial charge in [-0.2, -0.15) is 17.7 Å². The van der Waals surface area contributed by atoms with Gasteiger partial charge in [0.25, 0.3) is 5.82 Å². The van der Waals surface area contributed by atoms with E-state index < -0.39 is 22.1 Å². The minimum Gasteiger partial charge on any atom is -0.457 e. The fraction of sp³-hybridized carbons (Fsp3) is 0.0833. The number of rotatable bonds is 5. The molecule has 174 valence electrons. The van der Waals surface area contributed by atoms with Crippen molar-refractivity contribution in [2.24, 2.45) is 5.84 Å². The van der Waals surface area contributed by atoms with E-state index >= 15 is 0 Å². The molecule has 1 aliphatic heterocycles. The summed E-state index contributed by atoms with van der Waals surface area (Å²) in [7, 11) is 0. The maximum Gasteiger partial charge on any atom is 0.417 e. The van der Waals surface area contributed by atoms with E-state index in [1.807, 2.05) is 31.2 Å². The highest BCUT2D eigenvalue weighted by molar-refractivity contribution is 6.33. The van der Waals surface area contributed by atoms with Crippen molar-refractivity contribution in [1.29, 1.82) is 0 Å². The number of nitrogens with one attached hydrogen (secondary N) is 1. The Morgan fingerprint density at radius 2 is 1.85 bits per heavy atom. The molecule has 0 fully saturated rings. The molecular weight excluding hydrogens is 469 g/mol. The molecular formula is C24H19ClF3N4O2+. The molecule has 1 unspecified atom stereocenters. The Hall–Kier alpha value is -3.66. The molecule has 6 nitrogen and oxygen atoms in total. The van der Waals surface area contributed by atoms with Crippen LogP contribution in [-0.4, -0.2) is 10.9 Å². The van der Waals surface area contributed by atoms with Gasteiger partial charge in [-0.25, -0.2) is 10.8 Å². The summed E-state index contributed by atoms with van der Waals surface area (Å²) in [5.74, 6) is 5.90. The van der Waals surface area contributed by atoms with Crippen LogP contribution in [-0.2, 0) is 11.0 Å². The van der Waals surface area contributed by atoms with Crippen LogP contribution >= 0.6 is 11.6 Å². The molecule has 0 saturated heterocycles.